The summed E-state index contributed by atoms with van der Waals surface area (Å²) in [5.74, 6) is 0.795. The maximum Gasteiger partial charge on any atom is 0.446 e. The quantitative estimate of drug-likeness (QED) is 0.705. The minimum atomic E-state index is -4.21. The molecule has 0 radical (unpaired) electrons. The van der Waals surface area contributed by atoms with E-state index in [9.17, 15) is 13.2 Å². The molecule has 1 aromatic rings. The zero-order valence-electron chi connectivity index (χ0n) is 13.2. The van der Waals surface area contributed by atoms with Gasteiger partial charge in [-0.1, -0.05) is 25.0 Å². The summed E-state index contributed by atoms with van der Waals surface area (Å²) >= 11 is -0.0406. The number of hydrogen-bond donors (Lipinski definition) is 1. The predicted molar refractivity (Wildman–Crippen MR) is 97.4 cm³/mol. The van der Waals surface area contributed by atoms with Gasteiger partial charge < -0.3 is 5.32 Å². The van der Waals surface area contributed by atoms with Crippen molar-refractivity contribution >= 4 is 36.6 Å². The Hall–Kier alpha value is -0.140. The fourth-order valence-electron chi connectivity index (χ4n) is 3.05. The molecule has 0 aromatic heterocycles. The molecule has 1 aliphatic heterocycles. The van der Waals surface area contributed by atoms with E-state index < -0.39 is 5.51 Å². The average Bonchev–Trinajstić information content (AvgIpc) is 3.29. The summed E-state index contributed by atoms with van der Waals surface area (Å²) in [7, 11) is 0. The molecule has 1 N–H and O–H groups in total. The van der Waals surface area contributed by atoms with E-state index in [2.05, 4.69) is 10.2 Å². The number of rotatable bonds is 5. The minimum Gasteiger partial charge on any atom is -0.314 e. The van der Waals surface area contributed by atoms with Gasteiger partial charge in [-0.15, -0.1) is 24.8 Å². The molecule has 0 spiro atoms. The largest absolute Gasteiger partial charge is 0.446 e. The lowest BCUT2D eigenvalue weighted by atomic mass is 9.99. The van der Waals surface area contributed by atoms with Gasteiger partial charge in [-0.3, -0.25) is 4.90 Å². The van der Waals surface area contributed by atoms with Crippen LogP contribution in [0, 0.1) is 5.92 Å². The molecule has 1 aliphatic carbocycles. The minimum absolute atomic E-state index is 0. The van der Waals surface area contributed by atoms with Gasteiger partial charge in [-0.2, -0.15) is 13.2 Å². The van der Waals surface area contributed by atoms with E-state index in [1.165, 1.54) is 12.8 Å². The first kappa shape index (κ1) is 21.9. The monoisotopic (exact) mass is 402 g/mol. The molecule has 138 valence electrons. The maximum absolute atomic E-state index is 12.4. The maximum atomic E-state index is 12.4. The molecule has 0 unspecified atom stereocenters. The molecule has 8 heteroatoms. The van der Waals surface area contributed by atoms with Crippen LogP contribution in [0.1, 0.15) is 30.9 Å². The average molecular weight is 403 g/mol. The second-order valence-electron chi connectivity index (χ2n) is 6.10. The van der Waals surface area contributed by atoms with E-state index in [1.54, 1.807) is 12.1 Å². The Bertz CT molecular complexity index is 489. The number of piperazine rings is 1. The van der Waals surface area contributed by atoms with E-state index in [4.69, 9.17) is 0 Å². The summed E-state index contributed by atoms with van der Waals surface area (Å²) in [5, 5.41) is 3.35. The van der Waals surface area contributed by atoms with Crippen LogP contribution in [0.5, 0.6) is 0 Å². The van der Waals surface area contributed by atoms with Gasteiger partial charge in [-0.05, 0) is 41.8 Å². The number of halogens is 5. The molecular formula is C16H23Cl2F3N2S. The first-order valence-corrected chi connectivity index (χ1v) is 8.63. The van der Waals surface area contributed by atoms with Gasteiger partial charge in [0, 0.05) is 37.1 Å². The highest BCUT2D eigenvalue weighted by molar-refractivity contribution is 8.00. The van der Waals surface area contributed by atoms with Crippen LogP contribution in [0.3, 0.4) is 0 Å². The number of hydrogen-bond acceptors (Lipinski definition) is 3. The summed E-state index contributed by atoms with van der Waals surface area (Å²) < 4.78 is 37.3. The highest BCUT2D eigenvalue weighted by atomic mass is 35.5. The number of nitrogens with one attached hydrogen (secondary N) is 1. The molecule has 1 saturated carbocycles. The molecular weight excluding hydrogens is 380 g/mol. The molecule has 1 saturated heterocycles. The number of alkyl halides is 3. The van der Waals surface area contributed by atoms with Crippen molar-refractivity contribution in [3.8, 4) is 0 Å². The van der Waals surface area contributed by atoms with Crippen molar-refractivity contribution in [3.05, 3.63) is 29.8 Å². The Labute approximate surface area is 157 Å². The summed E-state index contributed by atoms with van der Waals surface area (Å²) in [4.78, 5) is 2.74. The van der Waals surface area contributed by atoms with Gasteiger partial charge in [0.1, 0.15) is 0 Å². The molecule has 3 rings (SSSR count). The van der Waals surface area contributed by atoms with Crippen molar-refractivity contribution in [2.24, 2.45) is 5.92 Å². The van der Waals surface area contributed by atoms with Crippen LogP contribution < -0.4 is 5.32 Å². The highest BCUT2D eigenvalue weighted by Gasteiger charge is 2.31. The first-order valence-electron chi connectivity index (χ1n) is 7.82. The molecule has 2 aliphatic rings. The van der Waals surface area contributed by atoms with Gasteiger partial charge >= 0.3 is 5.51 Å². The van der Waals surface area contributed by atoms with Crippen molar-refractivity contribution in [2.45, 2.75) is 35.7 Å². The second-order valence-corrected chi connectivity index (χ2v) is 7.24. The van der Waals surface area contributed by atoms with Gasteiger partial charge in [0.25, 0.3) is 0 Å². The molecule has 2 fully saturated rings. The third kappa shape index (κ3) is 6.64. The van der Waals surface area contributed by atoms with E-state index in [1.807, 2.05) is 12.1 Å². The van der Waals surface area contributed by atoms with E-state index in [0.29, 0.717) is 6.04 Å². The first-order chi connectivity index (χ1) is 10.5. The topological polar surface area (TPSA) is 15.3 Å². The van der Waals surface area contributed by atoms with Gasteiger partial charge in [0.05, 0.1) is 0 Å². The second kappa shape index (κ2) is 9.53. The molecule has 1 atom stereocenters. The van der Waals surface area contributed by atoms with Crippen molar-refractivity contribution < 1.29 is 13.2 Å². The Morgan fingerprint density at radius 2 is 1.67 bits per heavy atom. The van der Waals surface area contributed by atoms with Crippen LogP contribution in [0.4, 0.5) is 13.2 Å². The lowest BCUT2D eigenvalue weighted by Crippen LogP contribution is -2.45. The van der Waals surface area contributed by atoms with Crippen LogP contribution in [-0.2, 0) is 0 Å². The van der Waals surface area contributed by atoms with Crippen LogP contribution in [-0.4, -0.2) is 36.6 Å². The summed E-state index contributed by atoms with van der Waals surface area (Å²) in [6.07, 6.45) is 3.72. The highest BCUT2D eigenvalue weighted by Crippen LogP contribution is 2.41. The van der Waals surface area contributed by atoms with E-state index in [0.717, 1.165) is 44.1 Å². The SMILES string of the molecule is Cl.Cl.FC(F)(F)Sc1ccc([C@H](CC2CC2)N2CCNCC2)cc1. The van der Waals surface area contributed by atoms with Crippen LogP contribution in [0.25, 0.3) is 0 Å². The van der Waals surface area contributed by atoms with Crippen LogP contribution in [0.2, 0.25) is 0 Å². The van der Waals surface area contributed by atoms with Gasteiger partial charge in [0.15, 0.2) is 0 Å². The summed E-state index contributed by atoms with van der Waals surface area (Å²) in [6, 6.07) is 7.32. The molecule has 24 heavy (non-hydrogen) atoms. The fourth-order valence-corrected chi connectivity index (χ4v) is 3.59. The van der Waals surface area contributed by atoms with Crippen molar-refractivity contribution in [1.29, 1.82) is 0 Å². The molecule has 2 nitrogen and oxygen atoms in total. The summed E-state index contributed by atoms with van der Waals surface area (Å²) in [6.45, 7) is 4.00. The smallest absolute Gasteiger partial charge is 0.314 e. The third-order valence-corrected chi connectivity index (χ3v) is 5.08. The molecule has 1 heterocycles. The predicted octanol–water partition coefficient (Wildman–Crippen LogP) is 4.89. The van der Waals surface area contributed by atoms with Crippen LogP contribution in [0.15, 0.2) is 29.2 Å². The van der Waals surface area contributed by atoms with Crippen molar-refractivity contribution in [2.75, 3.05) is 26.2 Å². The normalized spacial score (nSPS) is 20.0. The van der Waals surface area contributed by atoms with E-state index >= 15 is 0 Å². The van der Waals surface area contributed by atoms with Crippen LogP contribution >= 0.6 is 36.6 Å². The van der Waals surface area contributed by atoms with Crippen molar-refractivity contribution in [3.63, 3.8) is 0 Å². The number of nitrogens with zero attached hydrogens (tertiary/aromatic N) is 1. The van der Waals surface area contributed by atoms with Gasteiger partial charge in [-0.25, -0.2) is 0 Å². The number of benzene rings is 1. The van der Waals surface area contributed by atoms with Crippen molar-refractivity contribution in [1.82, 2.24) is 10.2 Å². The lowest BCUT2D eigenvalue weighted by Gasteiger charge is -2.35. The Morgan fingerprint density at radius 3 is 2.17 bits per heavy atom. The Balaban J connectivity index is 0.00000144. The molecule has 0 bridgehead atoms. The number of thioether (sulfide) groups is 1. The molecule has 1 aromatic carbocycles. The van der Waals surface area contributed by atoms with Gasteiger partial charge in [0.2, 0.25) is 0 Å². The Kier molecular flexibility index (Phi) is 8.70. The van der Waals surface area contributed by atoms with E-state index in [-0.39, 0.29) is 41.5 Å². The lowest BCUT2D eigenvalue weighted by molar-refractivity contribution is -0.0328. The zero-order valence-corrected chi connectivity index (χ0v) is 15.7. The Morgan fingerprint density at radius 1 is 1.08 bits per heavy atom. The summed E-state index contributed by atoms with van der Waals surface area (Å²) in [5.41, 5.74) is -3.06. The fraction of sp³-hybridized carbons (Fsp3) is 0.625. The molecule has 0 amide bonds. The standard InChI is InChI=1S/C16H21F3N2S.2ClH/c17-16(18,19)22-14-5-3-13(4-6-14)15(11-12-1-2-12)21-9-7-20-8-10-21;;/h3-6,12,15,20H,1-2,7-11H2;2*1H/t15-;;/m0../s1. The third-order valence-electron chi connectivity index (χ3n) is 4.34. The zero-order chi connectivity index (χ0) is 15.6.